The van der Waals surface area contributed by atoms with E-state index in [1.165, 1.54) is 0 Å². The Morgan fingerprint density at radius 2 is 1.70 bits per heavy atom. The summed E-state index contributed by atoms with van der Waals surface area (Å²) in [6.45, 7) is 0. The van der Waals surface area contributed by atoms with Gasteiger partial charge in [0.05, 0.1) is 6.16 Å². The van der Waals surface area contributed by atoms with Crippen LogP contribution in [0.25, 0.3) is 0 Å². The minimum absolute atomic E-state index is 0. The molecular formula is C2H4NNa2O4P. The van der Waals surface area contributed by atoms with Crippen molar-refractivity contribution in [1.82, 2.24) is 0 Å². The summed E-state index contributed by atoms with van der Waals surface area (Å²) in [5, 5.41) is 0. The molecule has 1 amide bonds. The van der Waals surface area contributed by atoms with Gasteiger partial charge in [-0.25, -0.2) is 0 Å². The van der Waals surface area contributed by atoms with Crippen molar-refractivity contribution in [3.63, 3.8) is 0 Å². The van der Waals surface area contributed by atoms with Crippen LogP contribution in [0.2, 0.25) is 0 Å². The summed E-state index contributed by atoms with van der Waals surface area (Å²) in [6.07, 6.45) is -1.09. The summed E-state index contributed by atoms with van der Waals surface area (Å²) in [6, 6.07) is 0. The molecule has 0 aliphatic heterocycles. The average molecular weight is 183 g/mol. The topological polar surface area (TPSA) is 106 Å². The van der Waals surface area contributed by atoms with Crippen LogP contribution in [-0.2, 0) is 9.36 Å². The average Bonchev–Trinajstić information content (AvgIpc) is 1.21. The molecule has 48 valence electrons. The van der Waals surface area contributed by atoms with Crippen molar-refractivity contribution in [2.45, 2.75) is 0 Å². The molecule has 5 nitrogen and oxygen atoms in total. The molecule has 10 heavy (non-hydrogen) atoms. The number of rotatable bonds is 2. The molecule has 0 saturated heterocycles. The van der Waals surface area contributed by atoms with E-state index in [-0.39, 0.29) is 59.1 Å². The largest absolute Gasteiger partial charge is 1.00 e. The molecule has 0 atom stereocenters. The Kier molecular flexibility index (Phi) is 12.8. The van der Waals surface area contributed by atoms with E-state index in [4.69, 9.17) is 0 Å². The van der Waals surface area contributed by atoms with Crippen LogP contribution < -0.4 is 74.6 Å². The molecular weight excluding hydrogens is 179 g/mol. The fraction of sp³-hybridized carbons (Fsp3) is 0.500. The summed E-state index contributed by atoms with van der Waals surface area (Å²) in [7, 11) is -4.70. The molecule has 0 radical (unpaired) electrons. The normalized spacial score (nSPS) is 9.00. The number of nitrogens with two attached hydrogens (primary N) is 1. The molecule has 0 fully saturated rings. The Morgan fingerprint density at radius 3 is 1.70 bits per heavy atom. The Morgan fingerprint density at radius 1 is 1.40 bits per heavy atom. The number of hydrogen-bond donors (Lipinski definition) is 1. The molecule has 0 aromatic rings. The van der Waals surface area contributed by atoms with Crippen molar-refractivity contribution < 1.29 is 78.3 Å². The molecule has 0 aromatic heterocycles. The zero-order valence-electron chi connectivity index (χ0n) is 5.86. The number of amides is 1. The van der Waals surface area contributed by atoms with Crippen LogP contribution in [0.15, 0.2) is 0 Å². The van der Waals surface area contributed by atoms with Crippen molar-refractivity contribution in [2.75, 3.05) is 6.16 Å². The maximum absolute atomic E-state index is 9.66. The number of carbonyl (C=O) groups is 1. The van der Waals surface area contributed by atoms with E-state index in [0.717, 1.165) is 0 Å². The predicted octanol–water partition coefficient (Wildman–Crippen LogP) is -8.61. The summed E-state index contributed by atoms with van der Waals surface area (Å²) >= 11 is 0. The number of carbonyl (C=O) groups excluding carboxylic acids is 1. The van der Waals surface area contributed by atoms with Crippen molar-refractivity contribution >= 4 is 13.5 Å². The SMILES string of the molecule is NC(=O)CP(=O)([O-])[O-].[Na+].[Na+]. The van der Waals surface area contributed by atoms with Crippen LogP contribution in [0.3, 0.4) is 0 Å². The van der Waals surface area contributed by atoms with Crippen LogP contribution >= 0.6 is 7.60 Å². The fourth-order valence-corrected chi connectivity index (χ4v) is 0.573. The summed E-state index contributed by atoms with van der Waals surface area (Å²) in [5.41, 5.74) is 4.37. The standard InChI is InChI=1S/C2H6NO4P.2Na/c3-2(4)1-8(5,6)7;;/h1H2,(H2,3,4)(H2,5,6,7);;/q;2*+1/p-2. The van der Waals surface area contributed by atoms with Gasteiger partial charge in [-0.05, 0) is 0 Å². The van der Waals surface area contributed by atoms with E-state index in [1.54, 1.807) is 0 Å². The third kappa shape index (κ3) is 16.3. The van der Waals surface area contributed by atoms with Crippen LogP contribution in [0.1, 0.15) is 0 Å². The summed E-state index contributed by atoms with van der Waals surface area (Å²) in [5.74, 6) is -1.11. The van der Waals surface area contributed by atoms with Crippen molar-refractivity contribution in [3.8, 4) is 0 Å². The Hall–Kier alpha value is 1.62. The van der Waals surface area contributed by atoms with Gasteiger partial charge in [0.1, 0.15) is 0 Å². The van der Waals surface area contributed by atoms with Crippen LogP contribution in [0.5, 0.6) is 0 Å². The van der Waals surface area contributed by atoms with Gasteiger partial charge in [0, 0.05) is 0 Å². The first-order chi connectivity index (χ1) is 3.42. The van der Waals surface area contributed by atoms with E-state index in [9.17, 15) is 19.1 Å². The molecule has 0 bridgehead atoms. The maximum atomic E-state index is 9.66. The Bertz CT molecular complexity index is 144. The summed E-state index contributed by atoms with van der Waals surface area (Å²) in [4.78, 5) is 28.9. The van der Waals surface area contributed by atoms with Crippen LogP contribution in [0.4, 0.5) is 0 Å². The first kappa shape index (κ1) is 17.6. The maximum Gasteiger partial charge on any atom is 1.00 e. The smallest absolute Gasteiger partial charge is 0.810 e. The van der Waals surface area contributed by atoms with Gasteiger partial charge in [-0.3, -0.25) is 4.79 Å². The van der Waals surface area contributed by atoms with Crippen molar-refractivity contribution in [1.29, 1.82) is 0 Å². The zero-order valence-corrected chi connectivity index (χ0v) is 10.8. The molecule has 8 heteroatoms. The van der Waals surface area contributed by atoms with Gasteiger partial charge in [-0.1, -0.05) is 7.60 Å². The monoisotopic (exact) mass is 183 g/mol. The van der Waals surface area contributed by atoms with Gasteiger partial charge in [0.25, 0.3) is 0 Å². The third-order valence-electron chi connectivity index (χ3n) is 0.349. The van der Waals surface area contributed by atoms with Gasteiger partial charge in [-0.2, -0.15) is 0 Å². The molecule has 0 unspecified atom stereocenters. The van der Waals surface area contributed by atoms with Gasteiger partial charge < -0.3 is 20.1 Å². The van der Waals surface area contributed by atoms with E-state index < -0.39 is 19.7 Å². The number of hydrogen-bond acceptors (Lipinski definition) is 4. The molecule has 0 heterocycles. The first-order valence-corrected chi connectivity index (χ1v) is 3.44. The Balaban J connectivity index is -0.000000245. The molecule has 0 spiro atoms. The van der Waals surface area contributed by atoms with Crippen LogP contribution in [0, 0.1) is 0 Å². The third-order valence-corrected chi connectivity index (χ3v) is 1.05. The molecule has 0 aromatic carbocycles. The minimum atomic E-state index is -4.70. The second-order valence-electron chi connectivity index (χ2n) is 1.24. The molecule has 0 aliphatic rings. The van der Waals surface area contributed by atoms with E-state index >= 15 is 0 Å². The van der Waals surface area contributed by atoms with Crippen LogP contribution in [-0.4, -0.2) is 12.1 Å². The van der Waals surface area contributed by atoms with E-state index in [1.807, 2.05) is 0 Å². The second-order valence-corrected chi connectivity index (χ2v) is 2.77. The zero-order chi connectivity index (χ0) is 6.78. The molecule has 0 aliphatic carbocycles. The van der Waals surface area contributed by atoms with Gasteiger partial charge in [-0.15, -0.1) is 0 Å². The van der Waals surface area contributed by atoms with Gasteiger partial charge in [0.2, 0.25) is 5.91 Å². The van der Waals surface area contributed by atoms with E-state index in [0.29, 0.717) is 0 Å². The number of primary amides is 1. The Labute approximate surface area is 102 Å². The fourth-order valence-electron chi connectivity index (χ4n) is 0.191. The van der Waals surface area contributed by atoms with E-state index in [2.05, 4.69) is 5.73 Å². The second kappa shape index (κ2) is 7.28. The molecule has 0 saturated carbocycles. The van der Waals surface area contributed by atoms with Gasteiger partial charge >= 0.3 is 59.1 Å². The van der Waals surface area contributed by atoms with Crippen molar-refractivity contribution in [2.24, 2.45) is 5.73 Å². The quantitative estimate of drug-likeness (QED) is 0.338. The first-order valence-electron chi connectivity index (χ1n) is 1.71. The molecule has 2 N–H and O–H groups in total. The predicted molar refractivity (Wildman–Crippen MR) is 21.7 cm³/mol. The molecule has 0 rings (SSSR count). The summed E-state index contributed by atoms with van der Waals surface area (Å²) < 4.78 is 9.61. The minimum Gasteiger partial charge on any atom is -0.810 e. The van der Waals surface area contributed by atoms with Gasteiger partial charge in [0.15, 0.2) is 0 Å². The van der Waals surface area contributed by atoms with Crippen molar-refractivity contribution in [3.05, 3.63) is 0 Å².